The molecule has 19 heavy (non-hydrogen) atoms. The third-order valence-electron chi connectivity index (χ3n) is 3.08. The molecule has 0 aliphatic rings. The standard InChI is InChI=1S/C15H19FN2O/c1-2-3-4-5-9-19-15-12(16)10-13(17)11-7-6-8-18-14(11)15/h6-8,10H,2-5,9,17H2,1H3. The van der Waals surface area contributed by atoms with Crippen LogP contribution in [0.15, 0.2) is 24.4 Å². The Morgan fingerprint density at radius 1 is 1.32 bits per heavy atom. The van der Waals surface area contributed by atoms with Gasteiger partial charge in [0.15, 0.2) is 11.6 Å². The zero-order chi connectivity index (χ0) is 13.7. The molecule has 3 nitrogen and oxygen atoms in total. The monoisotopic (exact) mass is 262 g/mol. The van der Waals surface area contributed by atoms with Gasteiger partial charge in [-0.05, 0) is 18.6 Å². The molecule has 0 amide bonds. The number of pyridine rings is 1. The van der Waals surface area contributed by atoms with Crippen molar-refractivity contribution in [3.8, 4) is 5.75 Å². The summed E-state index contributed by atoms with van der Waals surface area (Å²) in [6.07, 6.45) is 5.98. The minimum absolute atomic E-state index is 0.210. The fourth-order valence-corrected chi connectivity index (χ4v) is 2.05. The molecule has 1 heterocycles. The molecule has 0 fully saturated rings. The molecular formula is C15H19FN2O. The van der Waals surface area contributed by atoms with Crippen molar-refractivity contribution in [1.29, 1.82) is 0 Å². The van der Waals surface area contributed by atoms with Crippen LogP contribution < -0.4 is 10.5 Å². The van der Waals surface area contributed by atoms with Gasteiger partial charge in [-0.15, -0.1) is 0 Å². The van der Waals surface area contributed by atoms with E-state index in [0.717, 1.165) is 18.2 Å². The Bertz CT molecular complexity index is 557. The number of rotatable bonds is 6. The Labute approximate surface area is 112 Å². The lowest BCUT2D eigenvalue weighted by atomic mass is 10.1. The average Bonchev–Trinajstić information content (AvgIpc) is 2.42. The van der Waals surface area contributed by atoms with Gasteiger partial charge in [0.05, 0.1) is 6.61 Å². The first-order chi connectivity index (χ1) is 9.24. The van der Waals surface area contributed by atoms with Crippen LogP contribution in [0.3, 0.4) is 0 Å². The number of hydrogen-bond acceptors (Lipinski definition) is 3. The largest absolute Gasteiger partial charge is 0.488 e. The fourth-order valence-electron chi connectivity index (χ4n) is 2.05. The lowest BCUT2D eigenvalue weighted by Gasteiger charge is -2.11. The van der Waals surface area contributed by atoms with E-state index in [2.05, 4.69) is 11.9 Å². The van der Waals surface area contributed by atoms with Gasteiger partial charge >= 0.3 is 0 Å². The zero-order valence-electron chi connectivity index (χ0n) is 11.2. The van der Waals surface area contributed by atoms with Crippen molar-refractivity contribution in [2.45, 2.75) is 32.6 Å². The van der Waals surface area contributed by atoms with Gasteiger partial charge in [-0.1, -0.05) is 26.2 Å². The molecule has 0 radical (unpaired) electrons. The summed E-state index contributed by atoms with van der Waals surface area (Å²) in [5.41, 5.74) is 6.67. The Morgan fingerprint density at radius 2 is 2.16 bits per heavy atom. The van der Waals surface area contributed by atoms with Crippen LogP contribution in [-0.2, 0) is 0 Å². The Hall–Kier alpha value is -1.84. The Morgan fingerprint density at radius 3 is 2.95 bits per heavy atom. The van der Waals surface area contributed by atoms with Gasteiger partial charge in [-0.2, -0.15) is 0 Å². The smallest absolute Gasteiger partial charge is 0.181 e. The highest BCUT2D eigenvalue weighted by molar-refractivity contribution is 5.94. The van der Waals surface area contributed by atoms with Crippen molar-refractivity contribution in [2.24, 2.45) is 0 Å². The first-order valence-corrected chi connectivity index (χ1v) is 6.69. The molecule has 0 atom stereocenters. The average molecular weight is 262 g/mol. The number of hydrogen-bond donors (Lipinski definition) is 1. The third kappa shape index (κ3) is 3.13. The second-order valence-electron chi connectivity index (χ2n) is 4.59. The summed E-state index contributed by atoms with van der Waals surface area (Å²) in [7, 11) is 0. The van der Waals surface area contributed by atoms with Crippen LogP contribution in [0.2, 0.25) is 0 Å². The minimum atomic E-state index is -0.445. The lowest BCUT2D eigenvalue weighted by Crippen LogP contribution is -2.02. The van der Waals surface area contributed by atoms with Crippen LogP contribution >= 0.6 is 0 Å². The predicted molar refractivity (Wildman–Crippen MR) is 75.8 cm³/mol. The molecular weight excluding hydrogens is 243 g/mol. The van der Waals surface area contributed by atoms with Crippen LogP contribution in [-0.4, -0.2) is 11.6 Å². The lowest BCUT2D eigenvalue weighted by molar-refractivity contribution is 0.294. The van der Waals surface area contributed by atoms with E-state index in [9.17, 15) is 4.39 Å². The summed E-state index contributed by atoms with van der Waals surface area (Å²) in [4.78, 5) is 4.17. The second kappa shape index (κ2) is 6.36. The molecule has 0 saturated heterocycles. The molecule has 0 bridgehead atoms. The normalized spacial score (nSPS) is 10.8. The summed E-state index contributed by atoms with van der Waals surface area (Å²) < 4.78 is 19.5. The van der Waals surface area contributed by atoms with E-state index in [4.69, 9.17) is 10.5 Å². The van der Waals surface area contributed by atoms with E-state index in [1.54, 1.807) is 12.3 Å². The molecule has 2 rings (SSSR count). The number of benzene rings is 1. The summed E-state index contributed by atoms with van der Waals surface area (Å²) in [5, 5.41) is 0.729. The fraction of sp³-hybridized carbons (Fsp3) is 0.400. The van der Waals surface area contributed by atoms with Gasteiger partial charge in [-0.25, -0.2) is 4.39 Å². The zero-order valence-corrected chi connectivity index (χ0v) is 11.2. The van der Waals surface area contributed by atoms with Gasteiger partial charge in [0.1, 0.15) is 5.52 Å². The molecule has 4 heteroatoms. The number of nitrogen functional groups attached to an aromatic ring is 1. The first-order valence-electron chi connectivity index (χ1n) is 6.69. The predicted octanol–water partition coefficient (Wildman–Crippen LogP) is 3.92. The van der Waals surface area contributed by atoms with Crippen LogP contribution in [0, 0.1) is 5.82 Å². The molecule has 2 N–H and O–H groups in total. The van der Waals surface area contributed by atoms with E-state index in [-0.39, 0.29) is 5.75 Å². The second-order valence-corrected chi connectivity index (χ2v) is 4.59. The molecule has 0 unspecified atom stereocenters. The molecule has 0 saturated carbocycles. The molecule has 2 aromatic rings. The van der Waals surface area contributed by atoms with Crippen molar-refractivity contribution in [3.63, 3.8) is 0 Å². The van der Waals surface area contributed by atoms with Crippen LogP contribution in [0.4, 0.5) is 10.1 Å². The van der Waals surface area contributed by atoms with Gasteiger partial charge < -0.3 is 10.5 Å². The maximum Gasteiger partial charge on any atom is 0.181 e. The highest BCUT2D eigenvalue weighted by Crippen LogP contribution is 2.31. The SMILES string of the molecule is CCCCCCOc1c(F)cc(N)c2cccnc12. The van der Waals surface area contributed by atoms with Gasteiger partial charge in [0.25, 0.3) is 0 Å². The number of halogens is 1. The Kier molecular flexibility index (Phi) is 4.55. The number of fused-ring (bicyclic) bond motifs is 1. The summed E-state index contributed by atoms with van der Waals surface area (Å²) in [6, 6.07) is 4.90. The topological polar surface area (TPSA) is 48.1 Å². The van der Waals surface area contributed by atoms with Gasteiger partial charge in [0, 0.05) is 23.3 Å². The van der Waals surface area contributed by atoms with Crippen LogP contribution in [0.5, 0.6) is 5.75 Å². The van der Waals surface area contributed by atoms with Crippen molar-refractivity contribution in [2.75, 3.05) is 12.3 Å². The highest BCUT2D eigenvalue weighted by Gasteiger charge is 2.12. The van der Waals surface area contributed by atoms with E-state index in [1.165, 1.54) is 18.9 Å². The number of aromatic nitrogens is 1. The molecule has 0 aliphatic carbocycles. The number of nitrogens with two attached hydrogens (primary N) is 1. The number of ether oxygens (including phenoxy) is 1. The number of anilines is 1. The van der Waals surface area contributed by atoms with E-state index in [1.807, 2.05) is 6.07 Å². The maximum atomic E-state index is 13.9. The molecule has 0 spiro atoms. The van der Waals surface area contributed by atoms with Crippen molar-refractivity contribution in [3.05, 3.63) is 30.2 Å². The van der Waals surface area contributed by atoms with Gasteiger partial charge in [-0.3, -0.25) is 4.98 Å². The first kappa shape index (κ1) is 13.6. The summed E-state index contributed by atoms with van der Waals surface area (Å²) in [5.74, 6) is -0.236. The van der Waals surface area contributed by atoms with Crippen LogP contribution in [0.25, 0.3) is 10.9 Å². The number of unbranched alkanes of at least 4 members (excludes halogenated alkanes) is 3. The molecule has 1 aromatic carbocycles. The number of nitrogens with zero attached hydrogens (tertiary/aromatic N) is 1. The van der Waals surface area contributed by atoms with Crippen molar-refractivity contribution >= 4 is 16.6 Å². The third-order valence-corrected chi connectivity index (χ3v) is 3.08. The quantitative estimate of drug-likeness (QED) is 0.634. The van der Waals surface area contributed by atoms with Crippen LogP contribution in [0.1, 0.15) is 32.6 Å². The van der Waals surface area contributed by atoms with Crippen molar-refractivity contribution < 1.29 is 9.13 Å². The minimum Gasteiger partial charge on any atom is -0.488 e. The van der Waals surface area contributed by atoms with E-state index >= 15 is 0 Å². The molecule has 1 aromatic heterocycles. The Balaban J connectivity index is 2.18. The molecule has 102 valence electrons. The van der Waals surface area contributed by atoms with E-state index < -0.39 is 5.82 Å². The molecule has 0 aliphatic heterocycles. The summed E-state index contributed by atoms with van der Waals surface area (Å²) in [6.45, 7) is 2.66. The maximum absolute atomic E-state index is 13.9. The van der Waals surface area contributed by atoms with Crippen molar-refractivity contribution in [1.82, 2.24) is 4.98 Å². The van der Waals surface area contributed by atoms with E-state index in [0.29, 0.717) is 17.8 Å². The summed E-state index contributed by atoms with van der Waals surface area (Å²) >= 11 is 0. The highest BCUT2D eigenvalue weighted by atomic mass is 19.1. The van der Waals surface area contributed by atoms with Gasteiger partial charge in [0.2, 0.25) is 0 Å².